The summed E-state index contributed by atoms with van der Waals surface area (Å²) in [6.45, 7) is 7.76. The standard InChI is InChI=1S/C20H24N2O2.C6H6FN/c1-3-8-22-11-12(20(23)24)9-14-13-6-5-7-17-19(13)15(10-18(14)22)16(4-2)21-17;7-5-1-3-6(8)4-2-5/h4-7,12,14,18,21H,2-3,8-11H2,1H3,(H,23,24);1-4H,8H2/t12-,14-,18-;/m1./s1. The van der Waals surface area contributed by atoms with Crippen LogP contribution in [0.4, 0.5) is 10.1 Å². The zero-order valence-electron chi connectivity index (χ0n) is 18.4. The van der Waals surface area contributed by atoms with Crippen LogP contribution in [0.2, 0.25) is 0 Å². The molecule has 1 fully saturated rings. The van der Waals surface area contributed by atoms with Crippen LogP contribution in [0.1, 0.15) is 42.5 Å². The van der Waals surface area contributed by atoms with Crippen LogP contribution in [0.25, 0.3) is 17.0 Å². The first-order chi connectivity index (χ1) is 15.4. The number of anilines is 1. The largest absolute Gasteiger partial charge is 0.481 e. The van der Waals surface area contributed by atoms with E-state index in [9.17, 15) is 14.3 Å². The van der Waals surface area contributed by atoms with Crippen molar-refractivity contribution in [2.75, 3.05) is 18.8 Å². The third kappa shape index (κ3) is 4.15. The van der Waals surface area contributed by atoms with Crippen LogP contribution >= 0.6 is 0 Å². The molecule has 2 aromatic carbocycles. The summed E-state index contributed by atoms with van der Waals surface area (Å²) in [5.41, 5.74) is 10.8. The maximum Gasteiger partial charge on any atom is 0.307 e. The molecule has 0 amide bonds. The number of piperidine rings is 1. The number of carboxylic acid groups (broad SMARTS) is 1. The minimum absolute atomic E-state index is 0.251. The van der Waals surface area contributed by atoms with Crippen molar-refractivity contribution in [2.24, 2.45) is 5.92 Å². The fourth-order valence-corrected chi connectivity index (χ4v) is 5.27. The Kier molecular flexibility index (Phi) is 6.33. The Bertz CT molecular complexity index is 1100. The highest BCUT2D eigenvalue weighted by molar-refractivity contribution is 5.91. The number of rotatable bonds is 4. The van der Waals surface area contributed by atoms with Crippen LogP contribution in [0.15, 0.2) is 49.0 Å². The van der Waals surface area contributed by atoms with Crippen LogP contribution in [-0.2, 0) is 11.2 Å². The number of nitrogen functional groups attached to an aromatic ring is 1. The molecule has 2 aliphatic rings. The van der Waals surface area contributed by atoms with Gasteiger partial charge in [-0.05, 0) is 73.3 Å². The number of nitrogens with one attached hydrogen (secondary N) is 1. The molecule has 1 saturated heterocycles. The molecule has 5 rings (SSSR count). The number of aliphatic carboxylic acids is 1. The molecule has 0 radical (unpaired) electrons. The maximum absolute atomic E-state index is 12.0. The third-order valence-electron chi connectivity index (χ3n) is 6.67. The van der Waals surface area contributed by atoms with E-state index in [4.69, 9.17) is 5.73 Å². The summed E-state index contributed by atoms with van der Waals surface area (Å²) in [6, 6.07) is 12.5. The molecule has 0 saturated carbocycles. The molecule has 168 valence electrons. The Balaban J connectivity index is 0.000000260. The SMILES string of the molecule is C=Cc1[nH]c2cccc3c2c1C[C@@H]1[C@@H]3C[C@@H](C(=O)O)CN1CCC.Nc1ccc(F)cc1. The number of H-pyrrole nitrogens is 1. The van der Waals surface area contributed by atoms with Gasteiger partial charge in [-0.1, -0.05) is 25.6 Å². The Labute approximate surface area is 187 Å². The molecule has 4 N–H and O–H groups in total. The molecule has 0 bridgehead atoms. The van der Waals surface area contributed by atoms with E-state index >= 15 is 0 Å². The van der Waals surface area contributed by atoms with Crippen molar-refractivity contribution in [2.45, 2.75) is 38.1 Å². The summed E-state index contributed by atoms with van der Waals surface area (Å²) in [4.78, 5) is 17.6. The van der Waals surface area contributed by atoms with Gasteiger partial charge in [-0.2, -0.15) is 0 Å². The lowest BCUT2D eigenvalue weighted by molar-refractivity contribution is -0.144. The first-order valence-electron chi connectivity index (χ1n) is 11.2. The van der Waals surface area contributed by atoms with E-state index in [1.54, 1.807) is 0 Å². The smallest absolute Gasteiger partial charge is 0.307 e. The molecule has 32 heavy (non-hydrogen) atoms. The van der Waals surface area contributed by atoms with Crippen molar-refractivity contribution in [3.63, 3.8) is 0 Å². The average molecular weight is 436 g/mol. The second kappa shape index (κ2) is 9.17. The molecule has 5 nitrogen and oxygen atoms in total. The van der Waals surface area contributed by atoms with E-state index in [2.05, 4.69) is 41.6 Å². The average Bonchev–Trinajstić information content (AvgIpc) is 3.15. The Morgan fingerprint density at radius 3 is 2.69 bits per heavy atom. The van der Waals surface area contributed by atoms with Crippen molar-refractivity contribution >= 4 is 28.6 Å². The zero-order chi connectivity index (χ0) is 22.8. The van der Waals surface area contributed by atoms with Crippen LogP contribution in [0.5, 0.6) is 0 Å². The van der Waals surface area contributed by atoms with Crippen LogP contribution in [-0.4, -0.2) is 40.1 Å². The van der Waals surface area contributed by atoms with Gasteiger partial charge in [-0.25, -0.2) is 4.39 Å². The van der Waals surface area contributed by atoms with Crippen LogP contribution in [0, 0.1) is 11.7 Å². The van der Waals surface area contributed by atoms with Crippen molar-refractivity contribution in [1.29, 1.82) is 0 Å². The van der Waals surface area contributed by atoms with E-state index in [1.807, 2.05) is 6.08 Å². The molecule has 6 heteroatoms. The van der Waals surface area contributed by atoms with Gasteiger partial charge in [0.05, 0.1) is 5.92 Å². The Hall–Kier alpha value is -3.12. The summed E-state index contributed by atoms with van der Waals surface area (Å²) in [5, 5.41) is 10.9. The topological polar surface area (TPSA) is 82.4 Å². The number of carbonyl (C=O) groups is 1. The monoisotopic (exact) mass is 435 g/mol. The number of fused-ring (bicyclic) bond motifs is 2. The number of benzene rings is 2. The van der Waals surface area contributed by atoms with Gasteiger partial charge in [0.2, 0.25) is 0 Å². The molecule has 1 aliphatic carbocycles. The van der Waals surface area contributed by atoms with Crippen LogP contribution < -0.4 is 5.73 Å². The highest BCUT2D eigenvalue weighted by atomic mass is 19.1. The number of nitrogens with zero attached hydrogens (tertiary/aromatic N) is 1. The molecule has 0 unspecified atom stereocenters. The number of nitrogens with two attached hydrogens (primary N) is 1. The highest BCUT2D eigenvalue weighted by Gasteiger charge is 2.42. The normalized spacial score (nSPS) is 22.0. The summed E-state index contributed by atoms with van der Waals surface area (Å²) in [7, 11) is 0. The Morgan fingerprint density at radius 2 is 2.06 bits per heavy atom. The maximum atomic E-state index is 12.0. The number of aromatic nitrogens is 1. The van der Waals surface area contributed by atoms with Crippen molar-refractivity contribution in [3.05, 3.63) is 71.7 Å². The van der Waals surface area contributed by atoms with E-state index in [0.717, 1.165) is 37.0 Å². The lowest BCUT2D eigenvalue weighted by Gasteiger charge is -2.46. The van der Waals surface area contributed by atoms with Gasteiger partial charge < -0.3 is 15.8 Å². The lowest BCUT2D eigenvalue weighted by Crippen LogP contribution is -2.51. The number of hydrogen-bond acceptors (Lipinski definition) is 3. The number of aromatic amines is 1. The van der Waals surface area contributed by atoms with Gasteiger partial charge in [-0.15, -0.1) is 0 Å². The Morgan fingerprint density at radius 1 is 1.31 bits per heavy atom. The van der Waals surface area contributed by atoms with Gasteiger partial charge in [0.15, 0.2) is 0 Å². The molecular weight excluding hydrogens is 405 g/mol. The molecular formula is C26H30FN3O2. The van der Waals surface area contributed by atoms with Gasteiger partial charge in [0.25, 0.3) is 0 Å². The minimum atomic E-state index is -0.659. The summed E-state index contributed by atoms with van der Waals surface area (Å²) in [6.07, 6.45) is 4.68. The predicted octanol–water partition coefficient (Wildman–Crippen LogP) is 5.04. The number of hydrogen-bond donors (Lipinski definition) is 3. The molecule has 1 aromatic heterocycles. The van der Waals surface area contributed by atoms with Gasteiger partial charge in [0.1, 0.15) is 5.82 Å². The summed E-state index contributed by atoms with van der Waals surface area (Å²) < 4.78 is 12.0. The second-order valence-corrected chi connectivity index (χ2v) is 8.69. The number of likely N-dealkylation sites (tertiary alicyclic amines) is 1. The zero-order valence-corrected chi connectivity index (χ0v) is 18.4. The first kappa shape index (κ1) is 22.1. The van der Waals surface area contributed by atoms with E-state index in [0.29, 0.717) is 24.2 Å². The molecule has 1 aliphatic heterocycles. The molecule has 3 aromatic rings. The van der Waals surface area contributed by atoms with Crippen LogP contribution in [0.3, 0.4) is 0 Å². The van der Waals surface area contributed by atoms with Crippen molar-refractivity contribution in [1.82, 2.24) is 9.88 Å². The van der Waals surface area contributed by atoms with Gasteiger partial charge >= 0.3 is 5.97 Å². The second-order valence-electron chi connectivity index (χ2n) is 8.69. The number of halogens is 1. The fourth-order valence-electron chi connectivity index (χ4n) is 5.27. The van der Waals surface area contributed by atoms with E-state index < -0.39 is 5.97 Å². The first-order valence-corrected chi connectivity index (χ1v) is 11.2. The van der Waals surface area contributed by atoms with Crippen molar-refractivity contribution in [3.8, 4) is 0 Å². The van der Waals surface area contributed by atoms with Crippen molar-refractivity contribution < 1.29 is 14.3 Å². The summed E-state index contributed by atoms with van der Waals surface area (Å²) >= 11 is 0. The van der Waals surface area contributed by atoms with Gasteiger partial charge in [0, 0.05) is 40.8 Å². The van der Waals surface area contributed by atoms with E-state index in [-0.39, 0.29) is 11.7 Å². The molecule has 0 spiro atoms. The quantitative estimate of drug-likeness (QED) is 0.501. The predicted molar refractivity (Wildman–Crippen MR) is 127 cm³/mol. The van der Waals surface area contributed by atoms with Gasteiger partial charge in [-0.3, -0.25) is 9.69 Å². The molecule has 2 heterocycles. The number of carboxylic acids is 1. The summed E-state index contributed by atoms with van der Waals surface area (Å²) in [5.74, 6) is -0.879. The third-order valence-corrected chi connectivity index (χ3v) is 6.67. The lowest BCUT2D eigenvalue weighted by atomic mass is 9.72. The molecule has 3 atom stereocenters. The highest BCUT2D eigenvalue weighted by Crippen LogP contribution is 2.46. The minimum Gasteiger partial charge on any atom is -0.481 e. The van der Waals surface area contributed by atoms with E-state index in [1.165, 1.54) is 40.8 Å². The fraction of sp³-hybridized carbons (Fsp3) is 0.346.